The lowest BCUT2D eigenvalue weighted by Gasteiger charge is -2.17. The van der Waals surface area contributed by atoms with Crippen molar-refractivity contribution in [1.29, 1.82) is 0 Å². The second-order valence-corrected chi connectivity index (χ2v) is 7.26. The van der Waals surface area contributed by atoms with Crippen molar-refractivity contribution in [2.24, 2.45) is 5.73 Å². The number of amides is 2. The summed E-state index contributed by atoms with van der Waals surface area (Å²) >= 11 is 0. The largest absolute Gasteiger partial charge is 0.366 e. The van der Waals surface area contributed by atoms with Gasteiger partial charge in [0.2, 0.25) is 5.91 Å². The van der Waals surface area contributed by atoms with Crippen molar-refractivity contribution in [2.45, 2.75) is 6.54 Å². The van der Waals surface area contributed by atoms with Crippen LogP contribution in [0, 0.1) is 0 Å². The van der Waals surface area contributed by atoms with E-state index >= 15 is 0 Å². The zero-order chi connectivity index (χ0) is 21.8. The van der Waals surface area contributed by atoms with Crippen molar-refractivity contribution in [3.63, 3.8) is 0 Å². The van der Waals surface area contributed by atoms with E-state index in [0.717, 1.165) is 22.5 Å². The Bertz CT molecular complexity index is 1220. The second kappa shape index (κ2) is 8.67. The summed E-state index contributed by atoms with van der Waals surface area (Å²) in [6, 6.07) is 26.2. The van der Waals surface area contributed by atoms with Crippen molar-refractivity contribution < 1.29 is 9.59 Å². The van der Waals surface area contributed by atoms with Crippen LogP contribution in [0.5, 0.6) is 0 Å². The molecule has 154 valence electrons. The highest BCUT2D eigenvalue weighted by atomic mass is 16.2. The molecular formula is C25H22N4O2. The van der Waals surface area contributed by atoms with Gasteiger partial charge in [0.05, 0.1) is 11.4 Å². The first-order valence-corrected chi connectivity index (χ1v) is 9.87. The van der Waals surface area contributed by atoms with Crippen LogP contribution in [0.1, 0.15) is 26.3 Å². The Hall–Kier alpha value is -4.19. The molecular weight excluding hydrogens is 388 g/mol. The number of benzene rings is 3. The van der Waals surface area contributed by atoms with Crippen LogP contribution >= 0.6 is 0 Å². The third kappa shape index (κ3) is 4.38. The molecule has 0 radical (unpaired) electrons. The average Bonchev–Trinajstić information content (AvgIpc) is 3.23. The maximum absolute atomic E-state index is 13.0. The Morgan fingerprint density at radius 3 is 2.23 bits per heavy atom. The van der Waals surface area contributed by atoms with Gasteiger partial charge in [0.25, 0.3) is 5.91 Å². The molecule has 0 saturated heterocycles. The fraction of sp³-hybridized carbons (Fsp3) is 0.0800. The predicted molar refractivity (Wildman–Crippen MR) is 120 cm³/mol. The SMILES string of the molecule is CN(Cc1cn(-c2ccccc2)nc1-c1ccccc1)C(=O)c1cccc(C(N)=O)c1. The molecule has 0 saturated carbocycles. The van der Waals surface area contributed by atoms with Crippen LogP contribution < -0.4 is 5.73 Å². The molecule has 0 aliphatic carbocycles. The Balaban J connectivity index is 1.67. The number of primary amides is 1. The van der Waals surface area contributed by atoms with E-state index in [9.17, 15) is 9.59 Å². The highest BCUT2D eigenvalue weighted by Crippen LogP contribution is 2.25. The Morgan fingerprint density at radius 2 is 1.55 bits per heavy atom. The molecule has 4 rings (SSSR count). The van der Waals surface area contributed by atoms with Crippen LogP contribution in [0.25, 0.3) is 16.9 Å². The first-order valence-electron chi connectivity index (χ1n) is 9.87. The number of hydrogen-bond acceptors (Lipinski definition) is 3. The number of rotatable bonds is 6. The van der Waals surface area contributed by atoms with E-state index in [1.807, 2.05) is 71.5 Å². The maximum Gasteiger partial charge on any atom is 0.253 e. The quantitative estimate of drug-likeness (QED) is 0.523. The molecule has 1 aromatic heterocycles. The van der Waals surface area contributed by atoms with E-state index in [4.69, 9.17) is 10.8 Å². The van der Waals surface area contributed by atoms with Crippen LogP contribution in [0.3, 0.4) is 0 Å². The third-order valence-electron chi connectivity index (χ3n) is 5.01. The molecule has 0 aliphatic rings. The lowest BCUT2D eigenvalue weighted by atomic mass is 10.1. The molecule has 6 heteroatoms. The Kier molecular flexibility index (Phi) is 5.62. The number of carbonyl (C=O) groups is 2. The summed E-state index contributed by atoms with van der Waals surface area (Å²) in [7, 11) is 1.73. The lowest BCUT2D eigenvalue weighted by molar-refractivity contribution is 0.0785. The summed E-state index contributed by atoms with van der Waals surface area (Å²) in [6.45, 7) is 0.358. The molecule has 0 unspecified atom stereocenters. The molecule has 31 heavy (non-hydrogen) atoms. The van der Waals surface area contributed by atoms with Gasteiger partial charge >= 0.3 is 0 Å². The number of para-hydroxylation sites is 1. The standard InChI is InChI=1S/C25H22N4O2/c1-28(25(31)20-12-8-11-19(15-20)24(26)30)16-21-17-29(22-13-6-3-7-14-22)27-23(21)18-9-4-2-5-10-18/h2-15,17H,16H2,1H3,(H2,26,30). The van der Waals surface area contributed by atoms with E-state index < -0.39 is 5.91 Å². The van der Waals surface area contributed by atoms with Gasteiger partial charge in [-0.3, -0.25) is 9.59 Å². The fourth-order valence-electron chi connectivity index (χ4n) is 3.43. The molecule has 0 spiro atoms. The van der Waals surface area contributed by atoms with Gasteiger partial charge in [-0.2, -0.15) is 5.10 Å². The molecule has 4 aromatic rings. The molecule has 0 fully saturated rings. The minimum Gasteiger partial charge on any atom is -0.366 e. The number of nitrogens with two attached hydrogens (primary N) is 1. The number of aromatic nitrogens is 2. The summed E-state index contributed by atoms with van der Waals surface area (Å²) in [5.74, 6) is -0.762. The minimum absolute atomic E-state index is 0.199. The zero-order valence-corrected chi connectivity index (χ0v) is 17.1. The number of hydrogen-bond donors (Lipinski definition) is 1. The van der Waals surface area contributed by atoms with Crippen LogP contribution in [0.4, 0.5) is 0 Å². The summed E-state index contributed by atoms with van der Waals surface area (Å²) in [5.41, 5.74) is 9.71. The van der Waals surface area contributed by atoms with Gasteiger partial charge in [-0.1, -0.05) is 54.6 Å². The van der Waals surface area contributed by atoms with Crippen LogP contribution in [-0.2, 0) is 6.54 Å². The number of nitrogens with zero attached hydrogens (tertiary/aromatic N) is 3. The summed E-state index contributed by atoms with van der Waals surface area (Å²) < 4.78 is 1.82. The van der Waals surface area contributed by atoms with E-state index in [0.29, 0.717) is 17.7 Å². The normalized spacial score (nSPS) is 10.6. The molecule has 1 heterocycles. The maximum atomic E-state index is 13.0. The number of carbonyl (C=O) groups excluding carboxylic acids is 2. The van der Waals surface area contributed by atoms with Gasteiger partial charge in [0, 0.05) is 42.0 Å². The van der Waals surface area contributed by atoms with Gasteiger partial charge in [0.1, 0.15) is 0 Å². The topological polar surface area (TPSA) is 81.2 Å². The minimum atomic E-state index is -0.562. The van der Waals surface area contributed by atoms with Crippen LogP contribution in [-0.4, -0.2) is 33.5 Å². The van der Waals surface area contributed by atoms with E-state index in [2.05, 4.69) is 0 Å². The summed E-state index contributed by atoms with van der Waals surface area (Å²) in [6.07, 6.45) is 1.95. The van der Waals surface area contributed by atoms with Crippen molar-refractivity contribution in [2.75, 3.05) is 7.05 Å². The Labute approximate surface area is 180 Å². The van der Waals surface area contributed by atoms with Crippen molar-refractivity contribution in [3.8, 4) is 16.9 Å². The first kappa shape index (κ1) is 20.1. The van der Waals surface area contributed by atoms with Crippen molar-refractivity contribution in [3.05, 3.63) is 108 Å². The van der Waals surface area contributed by atoms with Crippen LogP contribution in [0.2, 0.25) is 0 Å². The predicted octanol–water partition coefficient (Wildman–Crippen LogP) is 3.91. The molecule has 6 nitrogen and oxygen atoms in total. The van der Waals surface area contributed by atoms with Gasteiger partial charge in [-0.05, 0) is 30.3 Å². The summed E-state index contributed by atoms with van der Waals surface area (Å²) in [4.78, 5) is 26.1. The van der Waals surface area contributed by atoms with E-state index in [1.165, 1.54) is 6.07 Å². The molecule has 0 atom stereocenters. The Morgan fingerprint density at radius 1 is 0.903 bits per heavy atom. The first-order chi connectivity index (χ1) is 15.0. The zero-order valence-electron chi connectivity index (χ0n) is 17.1. The highest BCUT2D eigenvalue weighted by Gasteiger charge is 2.18. The van der Waals surface area contributed by atoms with E-state index in [-0.39, 0.29) is 5.91 Å². The van der Waals surface area contributed by atoms with Crippen molar-refractivity contribution in [1.82, 2.24) is 14.7 Å². The van der Waals surface area contributed by atoms with Crippen molar-refractivity contribution >= 4 is 11.8 Å². The average molecular weight is 410 g/mol. The molecule has 0 bridgehead atoms. The highest BCUT2D eigenvalue weighted by molar-refractivity contribution is 5.99. The smallest absolute Gasteiger partial charge is 0.253 e. The monoisotopic (exact) mass is 410 g/mol. The summed E-state index contributed by atoms with van der Waals surface area (Å²) in [5, 5.41) is 4.79. The van der Waals surface area contributed by atoms with Crippen LogP contribution in [0.15, 0.2) is 91.1 Å². The van der Waals surface area contributed by atoms with E-state index in [1.54, 1.807) is 30.1 Å². The third-order valence-corrected chi connectivity index (χ3v) is 5.01. The lowest BCUT2D eigenvalue weighted by Crippen LogP contribution is -2.26. The molecule has 0 aliphatic heterocycles. The van der Waals surface area contributed by atoms with Gasteiger partial charge < -0.3 is 10.6 Å². The van der Waals surface area contributed by atoms with Gasteiger partial charge in [-0.25, -0.2) is 4.68 Å². The fourth-order valence-corrected chi connectivity index (χ4v) is 3.43. The molecule has 2 N–H and O–H groups in total. The van der Waals surface area contributed by atoms with Gasteiger partial charge in [-0.15, -0.1) is 0 Å². The van der Waals surface area contributed by atoms with Gasteiger partial charge in [0.15, 0.2) is 0 Å². The molecule has 2 amide bonds. The molecule has 3 aromatic carbocycles. The second-order valence-electron chi connectivity index (χ2n) is 7.26.